The van der Waals surface area contributed by atoms with E-state index >= 15 is 0 Å². The zero-order chi connectivity index (χ0) is 8.77. The monoisotopic (exact) mass is 164 g/mol. The Bertz CT molecular complexity index is 341. The molecule has 2 rings (SSSR count). The molecule has 0 fully saturated rings. The molecular formula is C10H9FO. The molecule has 0 saturated heterocycles. The van der Waals surface area contributed by atoms with Crippen LogP contribution in [0.25, 0.3) is 0 Å². The van der Waals surface area contributed by atoms with Crippen molar-refractivity contribution in [3.8, 4) is 0 Å². The summed E-state index contributed by atoms with van der Waals surface area (Å²) in [6, 6.07) is 6.89. The van der Waals surface area contributed by atoms with E-state index in [1.54, 1.807) is 24.3 Å². The minimum absolute atomic E-state index is 0.00759. The number of hydrogen-bond donors (Lipinski definition) is 0. The molecule has 1 aromatic rings. The zero-order valence-electron chi connectivity index (χ0n) is 6.80. The highest BCUT2D eigenvalue weighted by molar-refractivity contribution is 6.01. The maximum Gasteiger partial charge on any atom is 0.166 e. The standard InChI is InChI=1S/C10H9FO/c1-10(11)6-9(12)7-4-2-3-5-8(7)10/h2-5H,6H2,1H3. The van der Waals surface area contributed by atoms with E-state index in [0.717, 1.165) is 0 Å². The fraction of sp³-hybridized carbons (Fsp3) is 0.300. The summed E-state index contributed by atoms with van der Waals surface area (Å²) in [5.74, 6) is -0.0874. The molecule has 1 aliphatic carbocycles. The number of rotatable bonds is 0. The first kappa shape index (κ1) is 7.47. The topological polar surface area (TPSA) is 17.1 Å². The van der Waals surface area contributed by atoms with E-state index in [0.29, 0.717) is 11.1 Å². The molecule has 1 nitrogen and oxygen atoms in total. The Morgan fingerprint density at radius 2 is 2.08 bits per heavy atom. The Hall–Kier alpha value is -1.18. The van der Waals surface area contributed by atoms with Gasteiger partial charge in [-0.25, -0.2) is 4.39 Å². The van der Waals surface area contributed by atoms with Crippen LogP contribution in [0, 0.1) is 0 Å². The van der Waals surface area contributed by atoms with Gasteiger partial charge in [-0.1, -0.05) is 24.3 Å². The number of benzene rings is 1. The molecule has 1 atom stereocenters. The molecule has 12 heavy (non-hydrogen) atoms. The number of carbonyl (C=O) groups excluding carboxylic acids is 1. The fourth-order valence-corrected chi connectivity index (χ4v) is 1.67. The second-order valence-corrected chi connectivity index (χ2v) is 3.34. The van der Waals surface area contributed by atoms with Crippen LogP contribution in [0.3, 0.4) is 0 Å². The minimum Gasteiger partial charge on any atom is -0.294 e. The normalized spacial score (nSPS) is 27.3. The minimum atomic E-state index is -1.45. The second-order valence-electron chi connectivity index (χ2n) is 3.34. The van der Waals surface area contributed by atoms with Crippen molar-refractivity contribution >= 4 is 5.78 Å². The molecule has 1 unspecified atom stereocenters. The van der Waals surface area contributed by atoms with Crippen LogP contribution < -0.4 is 0 Å². The Kier molecular flexibility index (Phi) is 1.34. The van der Waals surface area contributed by atoms with Gasteiger partial charge in [0.1, 0.15) is 5.67 Å². The molecule has 0 saturated carbocycles. The van der Waals surface area contributed by atoms with Crippen LogP contribution in [0.4, 0.5) is 4.39 Å². The number of ketones is 1. The predicted molar refractivity (Wildman–Crippen MR) is 43.8 cm³/mol. The summed E-state index contributed by atoms with van der Waals surface area (Å²) < 4.78 is 13.6. The van der Waals surface area contributed by atoms with E-state index in [1.165, 1.54) is 6.92 Å². The maximum absolute atomic E-state index is 13.6. The molecule has 0 heterocycles. The van der Waals surface area contributed by atoms with Crippen LogP contribution in [0.15, 0.2) is 24.3 Å². The highest BCUT2D eigenvalue weighted by Crippen LogP contribution is 2.39. The first-order valence-corrected chi connectivity index (χ1v) is 3.93. The third-order valence-electron chi connectivity index (χ3n) is 2.28. The number of Topliss-reactive ketones (excluding diaryl/α,β-unsaturated/α-hetero) is 1. The molecule has 0 bridgehead atoms. The summed E-state index contributed by atoms with van der Waals surface area (Å²) >= 11 is 0. The van der Waals surface area contributed by atoms with Gasteiger partial charge in [0.2, 0.25) is 0 Å². The summed E-state index contributed by atoms with van der Waals surface area (Å²) in [5.41, 5.74) is -0.370. The quantitative estimate of drug-likeness (QED) is 0.575. The Morgan fingerprint density at radius 3 is 2.75 bits per heavy atom. The van der Waals surface area contributed by atoms with Crippen LogP contribution in [-0.4, -0.2) is 5.78 Å². The average molecular weight is 164 g/mol. The van der Waals surface area contributed by atoms with Gasteiger partial charge in [-0.3, -0.25) is 4.79 Å². The summed E-state index contributed by atoms with van der Waals surface area (Å²) in [6.07, 6.45) is -0.00759. The van der Waals surface area contributed by atoms with Gasteiger partial charge in [0, 0.05) is 12.0 Å². The summed E-state index contributed by atoms with van der Waals surface area (Å²) in [7, 11) is 0. The summed E-state index contributed by atoms with van der Waals surface area (Å²) in [6.45, 7) is 1.46. The van der Waals surface area contributed by atoms with Gasteiger partial charge in [0.15, 0.2) is 5.78 Å². The van der Waals surface area contributed by atoms with E-state index < -0.39 is 5.67 Å². The number of fused-ring (bicyclic) bond motifs is 1. The van der Waals surface area contributed by atoms with Crippen molar-refractivity contribution in [2.45, 2.75) is 19.0 Å². The highest BCUT2D eigenvalue weighted by atomic mass is 19.1. The summed E-state index contributed by atoms with van der Waals surface area (Å²) in [5, 5.41) is 0. The van der Waals surface area contributed by atoms with Crippen molar-refractivity contribution < 1.29 is 9.18 Å². The fourth-order valence-electron chi connectivity index (χ4n) is 1.67. The van der Waals surface area contributed by atoms with Gasteiger partial charge < -0.3 is 0 Å². The van der Waals surface area contributed by atoms with E-state index in [-0.39, 0.29) is 12.2 Å². The highest BCUT2D eigenvalue weighted by Gasteiger charge is 2.39. The molecular weight excluding hydrogens is 155 g/mol. The van der Waals surface area contributed by atoms with Gasteiger partial charge in [-0.2, -0.15) is 0 Å². The summed E-state index contributed by atoms with van der Waals surface area (Å²) in [4.78, 5) is 11.2. The van der Waals surface area contributed by atoms with Gasteiger partial charge >= 0.3 is 0 Å². The van der Waals surface area contributed by atoms with E-state index in [9.17, 15) is 9.18 Å². The lowest BCUT2D eigenvalue weighted by Gasteiger charge is -2.11. The van der Waals surface area contributed by atoms with Gasteiger partial charge in [-0.15, -0.1) is 0 Å². The van der Waals surface area contributed by atoms with Crippen molar-refractivity contribution in [3.05, 3.63) is 35.4 Å². The molecule has 2 heteroatoms. The van der Waals surface area contributed by atoms with Crippen LogP contribution in [0.1, 0.15) is 29.3 Å². The average Bonchev–Trinajstić information content (AvgIpc) is 2.25. The predicted octanol–water partition coefficient (Wildman–Crippen LogP) is 2.46. The maximum atomic E-state index is 13.6. The van der Waals surface area contributed by atoms with Crippen LogP contribution in [0.2, 0.25) is 0 Å². The molecule has 0 aromatic heterocycles. The smallest absolute Gasteiger partial charge is 0.166 e. The Morgan fingerprint density at radius 1 is 1.42 bits per heavy atom. The Labute approximate surface area is 70.2 Å². The SMILES string of the molecule is CC1(F)CC(=O)c2ccccc21. The van der Waals surface area contributed by atoms with Gasteiger partial charge in [0.05, 0.1) is 0 Å². The second kappa shape index (κ2) is 2.16. The number of alkyl halides is 1. The van der Waals surface area contributed by atoms with Crippen LogP contribution >= 0.6 is 0 Å². The first-order chi connectivity index (χ1) is 5.61. The lowest BCUT2D eigenvalue weighted by atomic mass is 10.0. The van der Waals surface area contributed by atoms with Gasteiger partial charge in [0.25, 0.3) is 0 Å². The van der Waals surface area contributed by atoms with E-state index in [2.05, 4.69) is 0 Å². The molecule has 0 spiro atoms. The van der Waals surface area contributed by atoms with Crippen molar-refractivity contribution in [2.75, 3.05) is 0 Å². The van der Waals surface area contributed by atoms with Crippen molar-refractivity contribution in [2.24, 2.45) is 0 Å². The molecule has 0 N–H and O–H groups in total. The Balaban J connectivity index is 2.66. The van der Waals surface area contributed by atoms with Crippen LogP contribution in [0.5, 0.6) is 0 Å². The number of halogens is 1. The van der Waals surface area contributed by atoms with Crippen LogP contribution in [-0.2, 0) is 5.67 Å². The zero-order valence-corrected chi connectivity index (χ0v) is 6.80. The number of carbonyl (C=O) groups is 1. The van der Waals surface area contributed by atoms with E-state index in [4.69, 9.17) is 0 Å². The lowest BCUT2D eigenvalue weighted by Crippen LogP contribution is -2.10. The van der Waals surface area contributed by atoms with E-state index in [1.807, 2.05) is 0 Å². The molecule has 62 valence electrons. The first-order valence-electron chi connectivity index (χ1n) is 3.93. The molecule has 0 radical (unpaired) electrons. The lowest BCUT2D eigenvalue weighted by molar-refractivity contribution is 0.0921. The third-order valence-corrected chi connectivity index (χ3v) is 2.28. The molecule has 1 aliphatic rings. The van der Waals surface area contributed by atoms with Crippen molar-refractivity contribution in [3.63, 3.8) is 0 Å². The van der Waals surface area contributed by atoms with Gasteiger partial charge in [-0.05, 0) is 12.5 Å². The molecule has 1 aromatic carbocycles. The third kappa shape index (κ3) is 0.876. The molecule has 0 aliphatic heterocycles. The molecule has 0 amide bonds. The number of hydrogen-bond acceptors (Lipinski definition) is 1. The largest absolute Gasteiger partial charge is 0.294 e. The van der Waals surface area contributed by atoms with Crippen molar-refractivity contribution in [1.29, 1.82) is 0 Å². The van der Waals surface area contributed by atoms with Crippen molar-refractivity contribution in [1.82, 2.24) is 0 Å².